The van der Waals surface area contributed by atoms with Gasteiger partial charge in [0, 0.05) is 11.6 Å². The summed E-state index contributed by atoms with van der Waals surface area (Å²) in [5, 5.41) is 2.32. The first-order chi connectivity index (χ1) is 8.27. The molecule has 0 unspecified atom stereocenters. The maximum Gasteiger partial charge on any atom is 0.124 e. The minimum Gasteiger partial charge on any atom is -0.496 e. The maximum atomic E-state index is 6.19. The van der Waals surface area contributed by atoms with Gasteiger partial charge in [-0.25, -0.2) is 0 Å². The molecule has 0 radical (unpaired) electrons. The van der Waals surface area contributed by atoms with Gasteiger partial charge in [-0.1, -0.05) is 30.3 Å². The van der Waals surface area contributed by atoms with Crippen LogP contribution in [-0.4, -0.2) is 13.7 Å². The third-order valence-electron chi connectivity index (χ3n) is 3.00. The van der Waals surface area contributed by atoms with E-state index in [1.807, 2.05) is 24.3 Å². The Bertz CT molecular complexity index is 511. The van der Waals surface area contributed by atoms with Crippen LogP contribution in [0.15, 0.2) is 36.4 Å². The molecule has 17 heavy (non-hydrogen) atoms. The molecule has 2 aromatic carbocycles. The van der Waals surface area contributed by atoms with E-state index < -0.39 is 0 Å². The fourth-order valence-corrected chi connectivity index (χ4v) is 2.16. The number of nitrogens with two attached hydrogens (primary N) is 2. The second-order valence-electron chi connectivity index (χ2n) is 4.09. The van der Waals surface area contributed by atoms with Gasteiger partial charge in [-0.3, -0.25) is 0 Å². The highest BCUT2D eigenvalue weighted by Gasteiger charge is 2.14. The predicted molar refractivity (Wildman–Crippen MR) is 71.1 cm³/mol. The molecule has 2 aromatic rings. The van der Waals surface area contributed by atoms with E-state index in [1.54, 1.807) is 7.11 Å². The molecule has 0 bridgehead atoms. The summed E-state index contributed by atoms with van der Waals surface area (Å²) in [6.07, 6.45) is 0.754. The van der Waals surface area contributed by atoms with Crippen LogP contribution in [0.3, 0.4) is 0 Å². The second kappa shape index (κ2) is 5.17. The minimum atomic E-state index is -0.0824. The molecule has 0 spiro atoms. The second-order valence-corrected chi connectivity index (χ2v) is 4.09. The third-order valence-corrected chi connectivity index (χ3v) is 3.00. The smallest absolute Gasteiger partial charge is 0.124 e. The van der Waals surface area contributed by atoms with Crippen LogP contribution in [-0.2, 0) is 0 Å². The predicted octanol–water partition coefficient (Wildman–Crippen LogP) is 2.20. The molecule has 0 amide bonds. The molecule has 0 aliphatic rings. The summed E-state index contributed by atoms with van der Waals surface area (Å²) < 4.78 is 5.40. The van der Waals surface area contributed by atoms with Gasteiger partial charge in [0.25, 0.3) is 0 Å². The largest absolute Gasteiger partial charge is 0.496 e. The Kier molecular flexibility index (Phi) is 3.61. The molecule has 0 aromatic heterocycles. The van der Waals surface area contributed by atoms with Crippen molar-refractivity contribution >= 4 is 10.8 Å². The first kappa shape index (κ1) is 11.9. The molecular formula is C14H18N2O. The number of benzene rings is 2. The first-order valence-electron chi connectivity index (χ1n) is 5.79. The molecule has 0 heterocycles. The van der Waals surface area contributed by atoms with Crippen LogP contribution in [0.1, 0.15) is 18.0 Å². The molecule has 0 fully saturated rings. The number of hydrogen-bond acceptors (Lipinski definition) is 3. The normalized spacial score (nSPS) is 12.6. The average Bonchev–Trinajstić information content (AvgIpc) is 2.37. The number of ether oxygens (including phenoxy) is 1. The zero-order valence-corrected chi connectivity index (χ0v) is 10.0. The summed E-state index contributed by atoms with van der Waals surface area (Å²) in [4.78, 5) is 0. The van der Waals surface area contributed by atoms with Gasteiger partial charge in [0.05, 0.1) is 7.11 Å². The Balaban J connectivity index is 2.62. The van der Waals surface area contributed by atoms with Crippen molar-refractivity contribution in [3.05, 3.63) is 42.0 Å². The highest BCUT2D eigenvalue weighted by molar-refractivity contribution is 5.88. The molecule has 1 atom stereocenters. The average molecular weight is 230 g/mol. The molecule has 4 N–H and O–H groups in total. The van der Waals surface area contributed by atoms with Crippen LogP contribution in [0, 0.1) is 0 Å². The van der Waals surface area contributed by atoms with E-state index in [1.165, 1.54) is 5.39 Å². The summed E-state index contributed by atoms with van der Waals surface area (Å²) in [6, 6.07) is 12.1. The molecule has 90 valence electrons. The Hall–Kier alpha value is -1.58. The van der Waals surface area contributed by atoms with E-state index in [9.17, 15) is 0 Å². The molecule has 3 heteroatoms. The van der Waals surface area contributed by atoms with Crippen molar-refractivity contribution in [3.8, 4) is 5.75 Å². The van der Waals surface area contributed by atoms with E-state index in [0.29, 0.717) is 6.54 Å². The van der Waals surface area contributed by atoms with E-state index >= 15 is 0 Å². The third kappa shape index (κ3) is 2.25. The first-order valence-corrected chi connectivity index (χ1v) is 5.79. The SMILES string of the molecule is COc1ccc2ccccc2c1[C@@H](N)CCN. The lowest BCUT2D eigenvalue weighted by atomic mass is 9.96. The van der Waals surface area contributed by atoms with Crippen molar-refractivity contribution in [3.63, 3.8) is 0 Å². The van der Waals surface area contributed by atoms with Crippen LogP contribution in [0.5, 0.6) is 5.75 Å². The molecule has 3 nitrogen and oxygen atoms in total. The number of fused-ring (bicyclic) bond motifs is 1. The van der Waals surface area contributed by atoms with Crippen LogP contribution in [0.25, 0.3) is 10.8 Å². The highest BCUT2D eigenvalue weighted by Crippen LogP contribution is 2.33. The monoisotopic (exact) mass is 230 g/mol. The number of rotatable bonds is 4. The van der Waals surface area contributed by atoms with Crippen LogP contribution in [0.2, 0.25) is 0 Å². The van der Waals surface area contributed by atoms with E-state index in [4.69, 9.17) is 16.2 Å². The van der Waals surface area contributed by atoms with Gasteiger partial charge in [-0.05, 0) is 29.8 Å². The fraction of sp³-hybridized carbons (Fsp3) is 0.286. The van der Waals surface area contributed by atoms with Gasteiger partial charge < -0.3 is 16.2 Å². The topological polar surface area (TPSA) is 61.3 Å². The molecule has 0 saturated carbocycles. The molecule has 0 saturated heterocycles. The van der Waals surface area contributed by atoms with E-state index in [2.05, 4.69) is 12.1 Å². The lowest BCUT2D eigenvalue weighted by molar-refractivity contribution is 0.405. The Morgan fingerprint density at radius 1 is 1.18 bits per heavy atom. The standard InChI is InChI=1S/C14H18N2O/c1-17-13-7-6-10-4-2-3-5-11(10)14(13)12(16)8-9-15/h2-7,12H,8-9,15-16H2,1H3/t12-/m0/s1. The molecule has 2 rings (SSSR count). The highest BCUT2D eigenvalue weighted by atomic mass is 16.5. The Morgan fingerprint density at radius 3 is 2.65 bits per heavy atom. The minimum absolute atomic E-state index is 0.0824. The Labute approximate surface area is 101 Å². The van der Waals surface area contributed by atoms with Crippen molar-refractivity contribution in [2.24, 2.45) is 11.5 Å². The number of hydrogen-bond donors (Lipinski definition) is 2. The summed E-state index contributed by atoms with van der Waals surface area (Å²) in [7, 11) is 1.67. The summed E-state index contributed by atoms with van der Waals surface area (Å²) in [5.41, 5.74) is 12.8. The van der Waals surface area contributed by atoms with Crippen molar-refractivity contribution in [2.45, 2.75) is 12.5 Å². The lowest BCUT2D eigenvalue weighted by Gasteiger charge is -2.17. The zero-order chi connectivity index (χ0) is 12.3. The summed E-state index contributed by atoms with van der Waals surface area (Å²) in [5.74, 6) is 0.838. The Morgan fingerprint density at radius 2 is 1.94 bits per heavy atom. The van der Waals surface area contributed by atoms with Crippen LogP contribution >= 0.6 is 0 Å². The van der Waals surface area contributed by atoms with Crippen molar-refractivity contribution in [1.82, 2.24) is 0 Å². The van der Waals surface area contributed by atoms with Gasteiger partial charge in [-0.2, -0.15) is 0 Å². The molecule has 0 aliphatic heterocycles. The van der Waals surface area contributed by atoms with Crippen LogP contribution in [0.4, 0.5) is 0 Å². The number of methoxy groups -OCH3 is 1. The van der Waals surface area contributed by atoms with Gasteiger partial charge >= 0.3 is 0 Å². The van der Waals surface area contributed by atoms with Crippen molar-refractivity contribution in [2.75, 3.05) is 13.7 Å². The van der Waals surface area contributed by atoms with Crippen LogP contribution < -0.4 is 16.2 Å². The van der Waals surface area contributed by atoms with E-state index in [-0.39, 0.29) is 6.04 Å². The van der Waals surface area contributed by atoms with Gasteiger partial charge in [-0.15, -0.1) is 0 Å². The maximum absolute atomic E-state index is 6.19. The lowest BCUT2D eigenvalue weighted by Crippen LogP contribution is -2.16. The fourth-order valence-electron chi connectivity index (χ4n) is 2.16. The summed E-state index contributed by atoms with van der Waals surface area (Å²) in [6.45, 7) is 0.577. The molecule has 0 aliphatic carbocycles. The van der Waals surface area contributed by atoms with Crippen molar-refractivity contribution in [1.29, 1.82) is 0 Å². The zero-order valence-electron chi connectivity index (χ0n) is 10.0. The van der Waals surface area contributed by atoms with Crippen molar-refractivity contribution < 1.29 is 4.74 Å². The summed E-state index contributed by atoms with van der Waals surface area (Å²) >= 11 is 0. The van der Waals surface area contributed by atoms with Gasteiger partial charge in [0.2, 0.25) is 0 Å². The van der Waals surface area contributed by atoms with Gasteiger partial charge in [0.15, 0.2) is 0 Å². The van der Waals surface area contributed by atoms with E-state index in [0.717, 1.165) is 23.1 Å². The molecular weight excluding hydrogens is 212 g/mol. The van der Waals surface area contributed by atoms with Gasteiger partial charge in [0.1, 0.15) is 5.75 Å². The quantitative estimate of drug-likeness (QED) is 0.846.